The normalized spacial score (nSPS) is 41.1. The lowest BCUT2D eigenvalue weighted by atomic mass is 9.49. The second-order valence-electron chi connectivity index (χ2n) is 9.14. The molecule has 5 aliphatic rings. The molecule has 0 spiro atoms. The molecule has 134 valence electrons. The molecular formula is C19H28BrNO3. The van der Waals surface area contributed by atoms with Crippen LogP contribution in [-0.2, 0) is 14.3 Å². The predicted octanol–water partition coefficient (Wildman–Crippen LogP) is 3.57. The van der Waals surface area contributed by atoms with Crippen LogP contribution in [0, 0.1) is 23.2 Å². The quantitative estimate of drug-likeness (QED) is 0.550. The molecule has 24 heavy (non-hydrogen) atoms. The summed E-state index contributed by atoms with van der Waals surface area (Å²) in [6.45, 7) is 1.90. The van der Waals surface area contributed by atoms with Crippen molar-refractivity contribution in [2.75, 3.05) is 6.61 Å². The molecule has 2 unspecified atom stereocenters. The number of esters is 1. The van der Waals surface area contributed by atoms with Crippen molar-refractivity contribution in [1.29, 1.82) is 0 Å². The van der Waals surface area contributed by atoms with E-state index in [4.69, 9.17) is 4.74 Å². The Morgan fingerprint density at radius 1 is 1.21 bits per heavy atom. The lowest BCUT2D eigenvalue weighted by Crippen LogP contribution is -2.53. The van der Waals surface area contributed by atoms with Crippen LogP contribution in [0.25, 0.3) is 0 Å². The molecule has 5 heteroatoms. The molecule has 5 saturated carbocycles. The van der Waals surface area contributed by atoms with Crippen LogP contribution in [0.5, 0.6) is 0 Å². The number of rotatable bonds is 6. The topological polar surface area (TPSA) is 55.4 Å². The Labute approximate surface area is 152 Å². The molecule has 5 aliphatic carbocycles. The van der Waals surface area contributed by atoms with Gasteiger partial charge >= 0.3 is 5.97 Å². The van der Waals surface area contributed by atoms with Gasteiger partial charge in [-0.1, -0.05) is 15.9 Å². The number of nitrogens with one attached hydrogen (secondary N) is 1. The highest BCUT2D eigenvalue weighted by Crippen LogP contribution is 2.65. The van der Waals surface area contributed by atoms with Crippen molar-refractivity contribution in [3.05, 3.63) is 0 Å². The number of carbonyl (C=O) groups is 2. The lowest BCUT2D eigenvalue weighted by Gasteiger charge is -2.60. The zero-order valence-electron chi connectivity index (χ0n) is 14.5. The van der Waals surface area contributed by atoms with E-state index in [2.05, 4.69) is 21.2 Å². The van der Waals surface area contributed by atoms with Gasteiger partial charge in [0, 0.05) is 10.4 Å². The number of amides is 1. The van der Waals surface area contributed by atoms with Gasteiger partial charge in [-0.2, -0.15) is 0 Å². The van der Waals surface area contributed by atoms with Gasteiger partial charge in [-0.3, -0.25) is 9.59 Å². The lowest BCUT2D eigenvalue weighted by molar-refractivity contribution is -0.154. The van der Waals surface area contributed by atoms with Gasteiger partial charge in [0.15, 0.2) is 6.61 Å². The average Bonchev–Trinajstić information content (AvgIpc) is 3.26. The Morgan fingerprint density at radius 2 is 1.88 bits per heavy atom. The molecule has 0 aromatic carbocycles. The fourth-order valence-electron chi connectivity index (χ4n) is 6.06. The van der Waals surface area contributed by atoms with Gasteiger partial charge in [0.2, 0.25) is 0 Å². The molecular weight excluding hydrogens is 370 g/mol. The van der Waals surface area contributed by atoms with Crippen LogP contribution in [0.1, 0.15) is 64.7 Å². The SMILES string of the molecule is C[C@@H](NC(=O)COC(=O)CC12C[C@@H]3C[C@@H](CC(Br)(C3)C1)C2)C1CC1. The van der Waals surface area contributed by atoms with Crippen molar-refractivity contribution in [3.63, 3.8) is 0 Å². The van der Waals surface area contributed by atoms with E-state index in [9.17, 15) is 9.59 Å². The van der Waals surface area contributed by atoms with Crippen molar-refractivity contribution in [2.24, 2.45) is 23.2 Å². The second-order valence-corrected chi connectivity index (χ2v) is 10.8. The van der Waals surface area contributed by atoms with Crippen LogP contribution in [0.15, 0.2) is 0 Å². The Kier molecular flexibility index (Phi) is 4.21. The highest BCUT2D eigenvalue weighted by atomic mass is 79.9. The van der Waals surface area contributed by atoms with Gasteiger partial charge in [0.1, 0.15) is 0 Å². The minimum Gasteiger partial charge on any atom is -0.456 e. The first-order valence-electron chi connectivity index (χ1n) is 9.49. The van der Waals surface area contributed by atoms with Gasteiger partial charge in [-0.15, -0.1) is 0 Å². The number of alkyl halides is 1. The third kappa shape index (κ3) is 3.51. The predicted molar refractivity (Wildman–Crippen MR) is 94.7 cm³/mol. The first kappa shape index (κ1) is 16.9. The van der Waals surface area contributed by atoms with Crippen molar-refractivity contribution in [1.82, 2.24) is 5.32 Å². The van der Waals surface area contributed by atoms with E-state index in [0.29, 0.717) is 12.3 Å². The van der Waals surface area contributed by atoms with E-state index in [1.165, 1.54) is 32.1 Å². The maximum atomic E-state index is 12.4. The second kappa shape index (κ2) is 6.00. The zero-order valence-corrected chi connectivity index (χ0v) is 16.1. The van der Waals surface area contributed by atoms with E-state index in [-0.39, 0.29) is 34.3 Å². The van der Waals surface area contributed by atoms with E-state index >= 15 is 0 Å². The number of hydrogen-bond acceptors (Lipinski definition) is 3. The summed E-state index contributed by atoms with van der Waals surface area (Å²) in [5, 5.41) is 2.94. The van der Waals surface area contributed by atoms with Crippen LogP contribution in [-0.4, -0.2) is 28.8 Å². The molecule has 0 saturated heterocycles. The van der Waals surface area contributed by atoms with Crippen LogP contribution >= 0.6 is 15.9 Å². The number of carbonyl (C=O) groups excluding carboxylic acids is 2. The number of hydrogen-bond donors (Lipinski definition) is 1. The fraction of sp³-hybridized carbons (Fsp3) is 0.895. The van der Waals surface area contributed by atoms with Gasteiger partial charge in [0.05, 0.1) is 6.42 Å². The van der Waals surface area contributed by atoms with Crippen LogP contribution in [0.3, 0.4) is 0 Å². The third-order valence-corrected chi connectivity index (χ3v) is 7.64. The van der Waals surface area contributed by atoms with Crippen molar-refractivity contribution < 1.29 is 14.3 Å². The molecule has 5 atom stereocenters. The summed E-state index contributed by atoms with van der Waals surface area (Å²) in [6.07, 6.45) is 10.2. The molecule has 4 bridgehead atoms. The largest absolute Gasteiger partial charge is 0.456 e. The highest BCUT2D eigenvalue weighted by molar-refractivity contribution is 9.10. The molecule has 4 nitrogen and oxygen atoms in total. The van der Waals surface area contributed by atoms with Crippen molar-refractivity contribution >= 4 is 27.8 Å². The molecule has 5 fully saturated rings. The summed E-state index contributed by atoms with van der Waals surface area (Å²) in [5.74, 6) is 1.79. The summed E-state index contributed by atoms with van der Waals surface area (Å²) in [4.78, 5) is 24.3. The van der Waals surface area contributed by atoms with Gasteiger partial charge < -0.3 is 10.1 Å². The minimum atomic E-state index is -0.192. The molecule has 0 aromatic rings. The van der Waals surface area contributed by atoms with E-state index < -0.39 is 0 Å². The van der Waals surface area contributed by atoms with Crippen LogP contribution in [0.4, 0.5) is 0 Å². The molecule has 1 N–H and O–H groups in total. The smallest absolute Gasteiger partial charge is 0.306 e. The summed E-state index contributed by atoms with van der Waals surface area (Å²) in [5.41, 5.74) is 0.114. The number of halogens is 1. The summed E-state index contributed by atoms with van der Waals surface area (Å²) in [6, 6.07) is 0.201. The van der Waals surface area contributed by atoms with Crippen LogP contribution < -0.4 is 5.32 Å². The molecule has 5 rings (SSSR count). The maximum Gasteiger partial charge on any atom is 0.306 e. The Morgan fingerprint density at radius 3 is 2.46 bits per heavy atom. The molecule has 0 heterocycles. The summed E-state index contributed by atoms with van der Waals surface area (Å²) >= 11 is 3.98. The first-order chi connectivity index (χ1) is 11.3. The van der Waals surface area contributed by atoms with Crippen LogP contribution in [0.2, 0.25) is 0 Å². The van der Waals surface area contributed by atoms with E-state index in [0.717, 1.165) is 31.1 Å². The minimum absolute atomic E-state index is 0.114. The molecule has 1 amide bonds. The first-order valence-corrected chi connectivity index (χ1v) is 10.3. The van der Waals surface area contributed by atoms with Crippen molar-refractivity contribution in [2.45, 2.75) is 75.1 Å². The maximum absolute atomic E-state index is 12.4. The van der Waals surface area contributed by atoms with Gasteiger partial charge in [-0.25, -0.2) is 0 Å². The van der Waals surface area contributed by atoms with E-state index in [1.54, 1.807) is 0 Å². The summed E-state index contributed by atoms with van der Waals surface area (Å²) < 4.78 is 5.57. The zero-order chi connectivity index (χ0) is 16.9. The molecule has 0 aromatic heterocycles. The van der Waals surface area contributed by atoms with Crippen molar-refractivity contribution in [3.8, 4) is 0 Å². The highest BCUT2D eigenvalue weighted by Gasteiger charge is 2.57. The average molecular weight is 398 g/mol. The van der Waals surface area contributed by atoms with Gasteiger partial charge in [0.25, 0.3) is 5.91 Å². The Bertz CT molecular complexity index is 531. The Hall–Kier alpha value is -0.580. The molecule has 0 aliphatic heterocycles. The fourth-order valence-corrected chi connectivity index (χ4v) is 7.57. The van der Waals surface area contributed by atoms with Gasteiger partial charge in [-0.05, 0) is 81.5 Å². The molecule has 0 radical (unpaired) electrons. The number of ether oxygens (including phenoxy) is 1. The standard InChI is InChI=1S/C19H28BrNO3/c1-12(15-2-3-15)21-16(22)10-24-17(23)9-18-5-13-4-14(6-18)8-19(20,7-13)11-18/h12-15H,2-11H2,1H3,(H,21,22)/t12-,13-,14+,18?,19?/m1/s1. The monoisotopic (exact) mass is 397 g/mol. The van der Waals surface area contributed by atoms with E-state index in [1.807, 2.05) is 6.92 Å². The summed E-state index contributed by atoms with van der Waals surface area (Å²) in [7, 11) is 0. The Balaban J connectivity index is 1.27. The third-order valence-electron chi connectivity index (χ3n) is 6.71.